The highest BCUT2D eigenvalue weighted by atomic mass is 19.1. The topological polar surface area (TPSA) is 80.4 Å². The van der Waals surface area contributed by atoms with Gasteiger partial charge in [-0.2, -0.15) is 0 Å². The van der Waals surface area contributed by atoms with Gasteiger partial charge in [-0.25, -0.2) is 4.39 Å². The number of hydrogen-bond donors (Lipinski definition) is 2. The standard InChI is InChI=1S/C19H15FN2O4/c20-11-5-6-15-13(7-11)14(8-18(23)22-15)19(24)21-9-12-10-25-16-3-1-2-4-17(16)26-12/h1-8,12H,9-10H2,(H,21,24)(H,22,23). The highest BCUT2D eigenvalue weighted by Gasteiger charge is 2.22. The number of carbonyl (C=O) groups is 1. The first-order valence-corrected chi connectivity index (χ1v) is 8.09. The van der Waals surface area contributed by atoms with E-state index in [1.807, 2.05) is 12.1 Å². The minimum Gasteiger partial charge on any atom is -0.486 e. The molecule has 4 rings (SSSR count). The van der Waals surface area contributed by atoms with Crippen LogP contribution >= 0.6 is 0 Å². The lowest BCUT2D eigenvalue weighted by molar-refractivity contribution is 0.0790. The van der Waals surface area contributed by atoms with Gasteiger partial charge >= 0.3 is 0 Å². The first kappa shape index (κ1) is 16.1. The van der Waals surface area contributed by atoms with Crippen molar-refractivity contribution in [2.45, 2.75) is 6.10 Å². The van der Waals surface area contributed by atoms with Crippen LogP contribution in [-0.2, 0) is 0 Å². The van der Waals surface area contributed by atoms with Gasteiger partial charge in [-0.15, -0.1) is 0 Å². The minimum atomic E-state index is -0.487. The molecule has 0 fully saturated rings. The van der Waals surface area contributed by atoms with E-state index in [0.717, 1.165) is 6.07 Å². The predicted octanol–water partition coefficient (Wildman–Crippen LogP) is 2.24. The highest BCUT2D eigenvalue weighted by molar-refractivity contribution is 6.05. The Labute approximate surface area is 147 Å². The molecule has 7 heteroatoms. The molecule has 2 heterocycles. The van der Waals surface area contributed by atoms with Gasteiger partial charge in [-0.1, -0.05) is 12.1 Å². The van der Waals surface area contributed by atoms with Crippen LogP contribution in [0.3, 0.4) is 0 Å². The maximum atomic E-state index is 13.5. The third-order valence-electron chi connectivity index (χ3n) is 4.11. The number of nitrogens with one attached hydrogen (secondary N) is 2. The van der Waals surface area contributed by atoms with E-state index in [2.05, 4.69) is 10.3 Å². The molecule has 3 aromatic rings. The zero-order chi connectivity index (χ0) is 18.1. The second kappa shape index (κ2) is 6.51. The molecule has 0 radical (unpaired) electrons. The number of pyridine rings is 1. The van der Waals surface area contributed by atoms with Gasteiger partial charge in [0.2, 0.25) is 5.56 Å². The molecule has 2 aromatic carbocycles. The largest absolute Gasteiger partial charge is 0.486 e. The number of H-pyrrole nitrogens is 1. The lowest BCUT2D eigenvalue weighted by Gasteiger charge is -2.26. The Morgan fingerprint density at radius 2 is 2.00 bits per heavy atom. The van der Waals surface area contributed by atoms with Crippen LogP contribution in [0.4, 0.5) is 4.39 Å². The first-order valence-electron chi connectivity index (χ1n) is 8.09. The van der Waals surface area contributed by atoms with Crippen molar-refractivity contribution in [1.82, 2.24) is 10.3 Å². The normalized spacial score (nSPS) is 15.7. The second-order valence-electron chi connectivity index (χ2n) is 5.94. The Morgan fingerprint density at radius 3 is 2.85 bits per heavy atom. The summed E-state index contributed by atoms with van der Waals surface area (Å²) < 4.78 is 24.9. The molecule has 6 nitrogen and oxygen atoms in total. The first-order chi connectivity index (χ1) is 12.6. The van der Waals surface area contributed by atoms with Gasteiger partial charge in [0.1, 0.15) is 18.5 Å². The summed E-state index contributed by atoms with van der Waals surface area (Å²) in [4.78, 5) is 26.9. The molecule has 1 unspecified atom stereocenters. The van der Waals surface area contributed by atoms with E-state index >= 15 is 0 Å². The average molecular weight is 354 g/mol. The molecule has 0 bridgehead atoms. The summed E-state index contributed by atoms with van der Waals surface area (Å²) in [5, 5.41) is 3.06. The van der Waals surface area contributed by atoms with Crippen molar-refractivity contribution in [2.75, 3.05) is 13.2 Å². The molecular formula is C19H15FN2O4. The van der Waals surface area contributed by atoms with Crippen LogP contribution in [0.1, 0.15) is 10.4 Å². The summed E-state index contributed by atoms with van der Waals surface area (Å²) in [6, 6.07) is 12.3. The fourth-order valence-corrected chi connectivity index (χ4v) is 2.88. The summed E-state index contributed by atoms with van der Waals surface area (Å²) in [7, 11) is 0. The molecule has 132 valence electrons. The maximum Gasteiger partial charge on any atom is 0.252 e. The number of fused-ring (bicyclic) bond motifs is 2. The summed E-state index contributed by atoms with van der Waals surface area (Å²) in [5.74, 6) is 0.307. The van der Waals surface area contributed by atoms with E-state index in [9.17, 15) is 14.0 Å². The molecule has 1 amide bonds. The number of amides is 1. The molecule has 0 saturated carbocycles. The molecule has 1 aromatic heterocycles. The number of ether oxygens (including phenoxy) is 2. The fraction of sp³-hybridized carbons (Fsp3) is 0.158. The maximum absolute atomic E-state index is 13.5. The zero-order valence-electron chi connectivity index (χ0n) is 13.6. The Kier molecular flexibility index (Phi) is 4.04. The van der Waals surface area contributed by atoms with Crippen LogP contribution in [0.5, 0.6) is 11.5 Å². The van der Waals surface area contributed by atoms with E-state index in [1.165, 1.54) is 18.2 Å². The second-order valence-corrected chi connectivity index (χ2v) is 5.94. The fourth-order valence-electron chi connectivity index (χ4n) is 2.88. The lowest BCUT2D eigenvalue weighted by Crippen LogP contribution is -2.41. The third-order valence-corrected chi connectivity index (χ3v) is 4.11. The van der Waals surface area contributed by atoms with Gasteiger partial charge in [0.15, 0.2) is 11.5 Å². The van der Waals surface area contributed by atoms with Crippen LogP contribution in [0.2, 0.25) is 0 Å². The molecule has 0 saturated heterocycles. The third kappa shape index (κ3) is 3.11. The van der Waals surface area contributed by atoms with Crippen molar-refractivity contribution in [1.29, 1.82) is 0 Å². The number of carbonyl (C=O) groups excluding carboxylic acids is 1. The van der Waals surface area contributed by atoms with Crippen LogP contribution in [0.15, 0.2) is 53.3 Å². The number of para-hydroxylation sites is 2. The Morgan fingerprint density at radius 1 is 1.19 bits per heavy atom. The smallest absolute Gasteiger partial charge is 0.252 e. The highest BCUT2D eigenvalue weighted by Crippen LogP contribution is 2.30. The van der Waals surface area contributed by atoms with Crippen molar-refractivity contribution in [2.24, 2.45) is 0 Å². The van der Waals surface area contributed by atoms with Crippen LogP contribution in [0.25, 0.3) is 10.9 Å². The molecule has 26 heavy (non-hydrogen) atoms. The van der Waals surface area contributed by atoms with Gasteiger partial charge in [-0.05, 0) is 30.3 Å². The van der Waals surface area contributed by atoms with Crippen molar-refractivity contribution >= 4 is 16.8 Å². The van der Waals surface area contributed by atoms with E-state index < -0.39 is 17.3 Å². The van der Waals surface area contributed by atoms with Crippen molar-refractivity contribution in [3.05, 3.63) is 70.3 Å². The number of aromatic amines is 1. The molecule has 0 spiro atoms. The van der Waals surface area contributed by atoms with Crippen LogP contribution in [-0.4, -0.2) is 30.1 Å². The molecule has 1 atom stereocenters. The van der Waals surface area contributed by atoms with Crippen molar-refractivity contribution in [3.8, 4) is 11.5 Å². The monoisotopic (exact) mass is 354 g/mol. The molecule has 1 aliphatic heterocycles. The number of rotatable bonds is 3. The van der Waals surface area contributed by atoms with Gasteiger partial charge in [0, 0.05) is 17.0 Å². The van der Waals surface area contributed by atoms with Crippen molar-refractivity contribution in [3.63, 3.8) is 0 Å². The van der Waals surface area contributed by atoms with Crippen LogP contribution < -0.4 is 20.3 Å². The van der Waals surface area contributed by atoms with E-state index in [-0.39, 0.29) is 18.2 Å². The van der Waals surface area contributed by atoms with Gasteiger partial charge in [0.05, 0.1) is 12.1 Å². The Hall–Kier alpha value is -3.35. The SMILES string of the molecule is O=C(NCC1COc2ccccc2O1)c1cc(=O)[nH]c2ccc(F)cc12. The number of benzene rings is 2. The summed E-state index contributed by atoms with van der Waals surface area (Å²) >= 11 is 0. The summed E-state index contributed by atoms with van der Waals surface area (Å²) in [6.07, 6.45) is -0.362. The lowest BCUT2D eigenvalue weighted by atomic mass is 10.1. The summed E-state index contributed by atoms with van der Waals surface area (Å²) in [6.45, 7) is 0.485. The minimum absolute atomic E-state index is 0.111. The van der Waals surface area contributed by atoms with Gasteiger partial charge < -0.3 is 19.8 Å². The van der Waals surface area contributed by atoms with Crippen molar-refractivity contribution < 1.29 is 18.7 Å². The average Bonchev–Trinajstić information content (AvgIpc) is 2.65. The molecule has 2 N–H and O–H groups in total. The zero-order valence-corrected chi connectivity index (χ0v) is 13.6. The van der Waals surface area contributed by atoms with Crippen LogP contribution in [0, 0.1) is 5.82 Å². The Bertz CT molecular complexity index is 1050. The van der Waals surface area contributed by atoms with E-state index in [1.54, 1.807) is 12.1 Å². The number of aromatic nitrogens is 1. The Balaban J connectivity index is 1.52. The van der Waals surface area contributed by atoms with E-state index in [4.69, 9.17) is 9.47 Å². The quantitative estimate of drug-likeness (QED) is 0.756. The number of hydrogen-bond acceptors (Lipinski definition) is 4. The summed E-state index contributed by atoms with van der Waals surface area (Å²) in [5.41, 5.74) is 0.0797. The number of halogens is 1. The van der Waals surface area contributed by atoms with Gasteiger partial charge in [0.25, 0.3) is 5.91 Å². The molecular weight excluding hydrogens is 339 g/mol. The predicted molar refractivity (Wildman–Crippen MR) is 93.2 cm³/mol. The molecule has 0 aliphatic carbocycles. The van der Waals surface area contributed by atoms with E-state index in [0.29, 0.717) is 29.0 Å². The molecule has 1 aliphatic rings. The van der Waals surface area contributed by atoms with Gasteiger partial charge in [-0.3, -0.25) is 9.59 Å².